The highest BCUT2D eigenvalue weighted by Crippen LogP contribution is 2.27. The van der Waals surface area contributed by atoms with E-state index >= 15 is 0 Å². The summed E-state index contributed by atoms with van der Waals surface area (Å²) in [5.41, 5.74) is 5.95. The third-order valence-electron chi connectivity index (χ3n) is 4.07. The van der Waals surface area contributed by atoms with Gasteiger partial charge in [-0.25, -0.2) is 0 Å². The number of likely N-dealkylation sites (tertiary alicyclic amines) is 1. The van der Waals surface area contributed by atoms with E-state index < -0.39 is 0 Å². The minimum Gasteiger partial charge on any atom is -0.464 e. The highest BCUT2D eigenvalue weighted by atomic mass is 16.5. The first-order valence-electron chi connectivity index (χ1n) is 7.30. The van der Waals surface area contributed by atoms with Gasteiger partial charge in [-0.2, -0.15) is 0 Å². The zero-order valence-electron chi connectivity index (χ0n) is 12.1. The predicted octanol–water partition coefficient (Wildman–Crippen LogP) is 2.20. The third-order valence-corrected chi connectivity index (χ3v) is 4.07. The molecule has 0 amide bonds. The zero-order valence-corrected chi connectivity index (χ0v) is 12.1. The average Bonchev–Trinajstić information content (AvgIpc) is 2.91. The molecule has 4 nitrogen and oxygen atoms in total. The van der Waals surface area contributed by atoms with Gasteiger partial charge in [0.05, 0.1) is 6.04 Å². The lowest BCUT2D eigenvalue weighted by atomic mass is 9.96. The van der Waals surface area contributed by atoms with E-state index in [2.05, 4.69) is 24.0 Å². The monoisotopic (exact) mass is 266 g/mol. The summed E-state index contributed by atoms with van der Waals surface area (Å²) in [4.78, 5) is 2.45. The maximum Gasteiger partial charge on any atom is 0.122 e. The van der Waals surface area contributed by atoms with Crippen LogP contribution in [0, 0.1) is 5.92 Å². The van der Waals surface area contributed by atoms with E-state index in [1.807, 2.05) is 0 Å². The molecular weight excluding hydrogens is 240 g/mol. The molecule has 1 aliphatic heterocycles. The van der Waals surface area contributed by atoms with Crippen LogP contribution in [-0.2, 0) is 11.2 Å². The van der Waals surface area contributed by atoms with Gasteiger partial charge in [-0.3, -0.25) is 4.90 Å². The smallest absolute Gasteiger partial charge is 0.122 e. The number of nitrogens with zero attached hydrogens (tertiary/aromatic N) is 1. The Hall–Kier alpha value is -0.840. The van der Waals surface area contributed by atoms with Crippen molar-refractivity contribution in [3.63, 3.8) is 0 Å². The number of rotatable bonds is 6. The minimum atomic E-state index is 0.226. The second kappa shape index (κ2) is 7.08. The molecule has 19 heavy (non-hydrogen) atoms. The number of nitrogens with two attached hydrogens (primary N) is 1. The van der Waals surface area contributed by atoms with Crippen molar-refractivity contribution >= 4 is 0 Å². The molecule has 1 aromatic rings. The fourth-order valence-electron chi connectivity index (χ4n) is 2.88. The van der Waals surface area contributed by atoms with E-state index in [-0.39, 0.29) is 6.04 Å². The Morgan fingerprint density at radius 1 is 1.42 bits per heavy atom. The van der Waals surface area contributed by atoms with Gasteiger partial charge in [0.15, 0.2) is 0 Å². The Morgan fingerprint density at radius 2 is 2.16 bits per heavy atom. The molecule has 0 radical (unpaired) electrons. The molecule has 0 aliphatic carbocycles. The molecule has 1 aromatic heterocycles. The molecule has 0 aromatic carbocycles. The van der Waals surface area contributed by atoms with Crippen molar-refractivity contribution in [3.05, 3.63) is 23.7 Å². The van der Waals surface area contributed by atoms with Gasteiger partial charge in [-0.1, -0.05) is 6.92 Å². The quantitative estimate of drug-likeness (QED) is 0.857. The van der Waals surface area contributed by atoms with Crippen LogP contribution in [0.3, 0.4) is 0 Å². The lowest BCUT2D eigenvalue weighted by molar-refractivity contribution is 0.0752. The molecule has 1 fully saturated rings. The molecule has 0 bridgehead atoms. The largest absolute Gasteiger partial charge is 0.464 e. The zero-order chi connectivity index (χ0) is 13.7. The minimum absolute atomic E-state index is 0.226. The summed E-state index contributed by atoms with van der Waals surface area (Å²) in [6, 6.07) is 4.37. The van der Waals surface area contributed by atoms with E-state index in [0.717, 1.165) is 37.6 Å². The summed E-state index contributed by atoms with van der Waals surface area (Å²) in [6.07, 6.45) is 3.31. The normalized spacial score (nSPS) is 19.7. The summed E-state index contributed by atoms with van der Waals surface area (Å²) in [5.74, 6) is 2.76. The van der Waals surface area contributed by atoms with Crippen LogP contribution < -0.4 is 5.73 Å². The number of methoxy groups -OCH3 is 1. The van der Waals surface area contributed by atoms with E-state index in [1.54, 1.807) is 7.11 Å². The first kappa shape index (κ1) is 14.6. The number of piperidine rings is 1. The average molecular weight is 266 g/mol. The van der Waals surface area contributed by atoms with Crippen molar-refractivity contribution in [1.29, 1.82) is 0 Å². The van der Waals surface area contributed by atoms with Crippen molar-refractivity contribution in [1.82, 2.24) is 4.90 Å². The lowest BCUT2D eigenvalue weighted by Gasteiger charge is -2.36. The van der Waals surface area contributed by atoms with Gasteiger partial charge in [0, 0.05) is 26.7 Å². The second-order valence-corrected chi connectivity index (χ2v) is 5.34. The lowest BCUT2D eigenvalue weighted by Crippen LogP contribution is -2.40. The molecule has 2 N–H and O–H groups in total. The highest BCUT2D eigenvalue weighted by Gasteiger charge is 2.27. The van der Waals surface area contributed by atoms with Gasteiger partial charge in [-0.15, -0.1) is 0 Å². The van der Waals surface area contributed by atoms with Crippen molar-refractivity contribution in [3.8, 4) is 0 Å². The SMILES string of the molecule is CCc1ccc(C(CN)N2CCC(COC)CC2)o1. The summed E-state index contributed by atoms with van der Waals surface area (Å²) < 4.78 is 11.1. The van der Waals surface area contributed by atoms with E-state index in [9.17, 15) is 0 Å². The highest BCUT2D eigenvalue weighted by molar-refractivity contribution is 5.11. The number of aryl methyl sites for hydroxylation is 1. The Labute approximate surface area is 115 Å². The molecule has 2 rings (SSSR count). The third kappa shape index (κ3) is 3.59. The molecule has 1 atom stereocenters. The maximum absolute atomic E-state index is 5.95. The molecule has 4 heteroatoms. The van der Waals surface area contributed by atoms with E-state index in [4.69, 9.17) is 14.9 Å². The van der Waals surface area contributed by atoms with Gasteiger partial charge in [0.2, 0.25) is 0 Å². The van der Waals surface area contributed by atoms with Crippen LogP contribution in [0.1, 0.15) is 37.3 Å². The van der Waals surface area contributed by atoms with Crippen LogP contribution in [0.5, 0.6) is 0 Å². The number of furan rings is 1. The second-order valence-electron chi connectivity index (χ2n) is 5.34. The standard InChI is InChI=1S/C15H26N2O2/c1-3-13-4-5-15(19-13)14(10-16)17-8-6-12(7-9-17)11-18-2/h4-5,12,14H,3,6-11,16H2,1-2H3. The molecule has 108 valence electrons. The molecular formula is C15H26N2O2. The fraction of sp³-hybridized carbons (Fsp3) is 0.733. The first-order chi connectivity index (χ1) is 9.28. The van der Waals surface area contributed by atoms with Gasteiger partial charge in [0.1, 0.15) is 11.5 Å². The molecule has 1 unspecified atom stereocenters. The summed E-state index contributed by atoms with van der Waals surface area (Å²) in [6.45, 7) is 5.76. The van der Waals surface area contributed by atoms with Crippen LogP contribution in [0.4, 0.5) is 0 Å². The van der Waals surface area contributed by atoms with Crippen LogP contribution in [0.25, 0.3) is 0 Å². The Morgan fingerprint density at radius 3 is 2.68 bits per heavy atom. The Bertz CT molecular complexity index is 370. The van der Waals surface area contributed by atoms with E-state index in [0.29, 0.717) is 12.5 Å². The van der Waals surface area contributed by atoms with Crippen molar-refractivity contribution in [2.75, 3.05) is 33.4 Å². The predicted molar refractivity (Wildman–Crippen MR) is 76.1 cm³/mol. The van der Waals surface area contributed by atoms with Gasteiger partial charge < -0.3 is 14.9 Å². The molecule has 2 heterocycles. The number of hydrogen-bond acceptors (Lipinski definition) is 4. The summed E-state index contributed by atoms with van der Waals surface area (Å²) in [7, 11) is 1.78. The van der Waals surface area contributed by atoms with Crippen LogP contribution in [-0.4, -0.2) is 38.3 Å². The van der Waals surface area contributed by atoms with Crippen molar-refractivity contribution in [2.24, 2.45) is 11.7 Å². The number of ether oxygens (including phenoxy) is 1. The molecule has 0 saturated carbocycles. The van der Waals surface area contributed by atoms with Crippen molar-refractivity contribution < 1.29 is 9.15 Å². The Kier molecular flexibility index (Phi) is 5.43. The van der Waals surface area contributed by atoms with E-state index in [1.165, 1.54) is 12.8 Å². The van der Waals surface area contributed by atoms with Gasteiger partial charge >= 0.3 is 0 Å². The Balaban J connectivity index is 1.95. The molecule has 0 spiro atoms. The number of hydrogen-bond donors (Lipinski definition) is 1. The van der Waals surface area contributed by atoms with Gasteiger partial charge in [0.25, 0.3) is 0 Å². The fourth-order valence-corrected chi connectivity index (χ4v) is 2.88. The maximum atomic E-state index is 5.95. The van der Waals surface area contributed by atoms with Crippen LogP contribution >= 0.6 is 0 Å². The van der Waals surface area contributed by atoms with Crippen LogP contribution in [0.15, 0.2) is 16.5 Å². The summed E-state index contributed by atoms with van der Waals surface area (Å²) in [5, 5.41) is 0. The summed E-state index contributed by atoms with van der Waals surface area (Å²) >= 11 is 0. The molecule has 1 saturated heterocycles. The topological polar surface area (TPSA) is 51.6 Å². The van der Waals surface area contributed by atoms with Crippen molar-refractivity contribution in [2.45, 2.75) is 32.2 Å². The molecule has 1 aliphatic rings. The van der Waals surface area contributed by atoms with Gasteiger partial charge in [-0.05, 0) is 44.0 Å². The first-order valence-corrected chi connectivity index (χ1v) is 7.30. The van der Waals surface area contributed by atoms with Crippen LogP contribution in [0.2, 0.25) is 0 Å².